The molecule has 0 aliphatic heterocycles. The van der Waals surface area contributed by atoms with Crippen LogP contribution in [-0.4, -0.2) is 64.2 Å². The molecule has 49 heavy (non-hydrogen) atoms. The van der Waals surface area contributed by atoms with Crippen molar-refractivity contribution in [1.82, 2.24) is 14.9 Å². The van der Waals surface area contributed by atoms with Crippen LogP contribution in [0.25, 0.3) is 0 Å². The van der Waals surface area contributed by atoms with Crippen molar-refractivity contribution in [3.05, 3.63) is 101 Å². The van der Waals surface area contributed by atoms with Crippen LogP contribution >= 0.6 is 11.6 Å². The first-order valence-electron chi connectivity index (χ1n) is 16.6. The molecular weight excluding hydrogens is 665 g/mol. The maximum atomic E-state index is 16.1. The van der Waals surface area contributed by atoms with Gasteiger partial charge in [0.1, 0.15) is 34.4 Å². The zero-order valence-electron chi connectivity index (χ0n) is 28.3. The highest BCUT2D eigenvalue weighted by Gasteiger charge is 2.35. The Hall–Kier alpha value is -3.93. The van der Waals surface area contributed by atoms with E-state index in [1.54, 1.807) is 18.2 Å². The van der Waals surface area contributed by atoms with Gasteiger partial charge in [-0.05, 0) is 99.3 Å². The van der Waals surface area contributed by atoms with Crippen molar-refractivity contribution in [3.8, 4) is 11.5 Å². The number of hydrogen-bond donors (Lipinski definition) is 1. The van der Waals surface area contributed by atoms with Crippen molar-refractivity contribution in [2.24, 2.45) is 5.92 Å². The lowest BCUT2D eigenvalue weighted by Crippen LogP contribution is -2.40. The lowest BCUT2D eigenvalue weighted by atomic mass is 9.74. The van der Waals surface area contributed by atoms with Gasteiger partial charge in [0.05, 0.1) is 31.5 Å². The first kappa shape index (κ1) is 34.9. The smallest absolute Gasteiger partial charge is 0.268 e. The van der Waals surface area contributed by atoms with E-state index in [1.807, 2.05) is 0 Å². The Morgan fingerprint density at radius 1 is 0.959 bits per heavy atom. The van der Waals surface area contributed by atoms with Crippen molar-refractivity contribution in [1.29, 1.82) is 0 Å². The van der Waals surface area contributed by atoms with E-state index in [4.69, 9.17) is 21.1 Å². The van der Waals surface area contributed by atoms with E-state index in [-0.39, 0.29) is 29.3 Å². The second-order valence-corrected chi connectivity index (χ2v) is 15.5. The van der Waals surface area contributed by atoms with Crippen LogP contribution in [0.5, 0.6) is 11.5 Å². The van der Waals surface area contributed by atoms with E-state index in [0.717, 1.165) is 30.1 Å². The van der Waals surface area contributed by atoms with Gasteiger partial charge in [-0.1, -0.05) is 35.9 Å². The SMILES string of the molecule is COc1ccc(CN(c2ccncn2)S(=O)(=O)c2cc(Cl)c(N[C@H]3CC[C@H](c4cccc(C5CC5)c4)C[C@@H]3CN(C)C)cc2F)c(OC)c1. The number of nitrogens with one attached hydrogen (secondary N) is 1. The Bertz CT molecular complexity index is 1880. The number of methoxy groups -OCH3 is 2. The molecule has 6 rings (SSSR count). The van der Waals surface area contributed by atoms with Gasteiger partial charge in [-0.3, -0.25) is 0 Å². The molecule has 0 unspecified atom stereocenters. The quantitative estimate of drug-likeness (QED) is 0.153. The molecule has 2 aliphatic carbocycles. The van der Waals surface area contributed by atoms with Gasteiger partial charge >= 0.3 is 0 Å². The average Bonchev–Trinajstić information content (AvgIpc) is 3.95. The number of anilines is 2. The molecule has 1 N–H and O–H groups in total. The molecule has 2 aliphatic rings. The average molecular weight is 708 g/mol. The van der Waals surface area contributed by atoms with Crippen LogP contribution in [-0.2, 0) is 16.6 Å². The third kappa shape index (κ3) is 7.95. The summed E-state index contributed by atoms with van der Waals surface area (Å²) in [6, 6.07) is 18.0. The molecule has 0 radical (unpaired) electrons. The molecule has 1 heterocycles. The molecule has 3 atom stereocenters. The van der Waals surface area contributed by atoms with E-state index in [1.165, 1.54) is 68.9 Å². The van der Waals surface area contributed by atoms with Crippen molar-refractivity contribution < 1.29 is 22.3 Å². The van der Waals surface area contributed by atoms with Gasteiger partial charge in [-0.2, -0.15) is 0 Å². The summed E-state index contributed by atoms with van der Waals surface area (Å²) in [6.07, 6.45) is 8.06. The molecule has 4 aromatic rings. The van der Waals surface area contributed by atoms with Crippen molar-refractivity contribution in [3.63, 3.8) is 0 Å². The molecule has 260 valence electrons. The molecule has 0 saturated heterocycles. The van der Waals surface area contributed by atoms with Crippen LogP contribution in [0.2, 0.25) is 5.02 Å². The molecule has 9 nitrogen and oxygen atoms in total. The predicted molar refractivity (Wildman–Crippen MR) is 191 cm³/mol. The van der Waals surface area contributed by atoms with Crippen molar-refractivity contribution >= 4 is 33.1 Å². The topological polar surface area (TPSA) is 96.9 Å². The number of nitrogens with zero attached hydrogens (tertiary/aromatic N) is 4. The van der Waals surface area contributed by atoms with Crippen LogP contribution < -0.4 is 19.1 Å². The molecule has 3 aromatic carbocycles. The van der Waals surface area contributed by atoms with Gasteiger partial charge in [0.2, 0.25) is 0 Å². The Morgan fingerprint density at radius 2 is 1.71 bits per heavy atom. The van der Waals surface area contributed by atoms with Gasteiger partial charge in [0.15, 0.2) is 0 Å². The van der Waals surface area contributed by atoms with E-state index >= 15 is 4.39 Å². The molecule has 1 aromatic heterocycles. The summed E-state index contributed by atoms with van der Waals surface area (Å²) < 4.78 is 56.3. The lowest BCUT2D eigenvalue weighted by Gasteiger charge is -2.39. The lowest BCUT2D eigenvalue weighted by molar-refractivity contribution is 0.228. The summed E-state index contributed by atoms with van der Waals surface area (Å²) >= 11 is 6.77. The first-order chi connectivity index (χ1) is 23.6. The van der Waals surface area contributed by atoms with Crippen molar-refractivity contribution in [2.45, 2.75) is 61.4 Å². The highest BCUT2D eigenvalue weighted by atomic mass is 35.5. The largest absolute Gasteiger partial charge is 0.497 e. The highest BCUT2D eigenvalue weighted by molar-refractivity contribution is 7.92. The summed E-state index contributed by atoms with van der Waals surface area (Å²) in [5.74, 6) is 1.52. The molecule has 2 saturated carbocycles. The molecule has 2 fully saturated rings. The molecule has 12 heteroatoms. The summed E-state index contributed by atoms with van der Waals surface area (Å²) in [4.78, 5) is 9.72. The van der Waals surface area contributed by atoms with Gasteiger partial charge < -0.3 is 19.7 Å². The Labute approximate surface area is 293 Å². The third-order valence-electron chi connectivity index (χ3n) is 9.57. The molecule has 0 spiro atoms. The standard InChI is InChI=1S/C37H43ClFN5O4S/c1-43(2)21-29-17-27(26-7-5-6-25(16-26)24-8-9-24)11-13-33(29)42-34-20-32(39)36(19-31(34)38)49(45,46)44(37-14-15-40-23-41-37)22-28-10-12-30(47-3)18-35(28)48-4/h5-7,10,12,14-16,18-20,23-24,27,29,33,42H,8-9,11,13,17,21-22H2,1-4H3/t27-,29+,33-/m0/s1. The van der Waals surface area contributed by atoms with E-state index in [0.29, 0.717) is 34.6 Å². The summed E-state index contributed by atoms with van der Waals surface area (Å²) in [5.41, 5.74) is 3.73. The van der Waals surface area contributed by atoms with E-state index in [9.17, 15) is 8.42 Å². The minimum atomic E-state index is -4.50. The Balaban J connectivity index is 1.26. The highest BCUT2D eigenvalue weighted by Crippen LogP contribution is 2.44. The van der Waals surface area contributed by atoms with E-state index < -0.39 is 20.7 Å². The van der Waals surface area contributed by atoms with Crippen LogP contribution in [0, 0.1) is 11.7 Å². The van der Waals surface area contributed by atoms with E-state index in [2.05, 4.69) is 58.5 Å². The Morgan fingerprint density at radius 3 is 2.39 bits per heavy atom. The fourth-order valence-corrected chi connectivity index (χ4v) is 8.68. The maximum absolute atomic E-state index is 16.1. The van der Waals surface area contributed by atoms with Crippen molar-refractivity contribution in [2.75, 3.05) is 44.5 Å². The number of ether oxygens (including phenoxy) is 2. The minimum absolute atomic E-state index is 0.0321. The zero-order valence-corrected chi connectivity index (χ0v) is 29.8. The zero-order chi connectivity index (χ0) is 34.7. The number of aromatic nitrogens is 2. The van der Waals surface area contributed by atoms with Gasteiger partial charge in [-0.15, -0.1) is 0 Å². The number of sulfonamides is 1. The number of halogens is 2. The van der Waals surface area contributed by atoms with Gasteiger partial charge in [0, 0.05) is 36.5 Å². The number of rotatable bonds is 13. The summed E-state index contributed by atoms with van der Waals surface area (Å²) in [7, 11) is 2.63. The normalized spacial score (nSPS) is 19.4. The second kappa shape index (κ2) is 14.9. The second-order valence-electron chi connectivity index (χ2n) is 13.2. The Kier molecular flexibility index (Phi) is 10.6. The maximum Gasteiger partial charge on any atom is 0.268 e. The summed E-state index contributed by atoms with van der Waals surface area (Å²) in [6.45, 7) is 0.661. The molecule has 0 amide bonds. The van der Waals surface area contributed by atoms with Crippen LogP contribution in [0.4, 0.5) is 15.9 Å². The monoisotopic (exact) mass is 707 g/mol. The summed E-state index contributed by atoms with van der Waals surface area (Å²) in [5, 5.41) is 3.62. The van der Waals surface area contributed by atoms with Gasteiger partial charge in [0.25, 0.3) is 10.0 Å². The fraction of sp³-hybridized carbons (Fsp3) is 0.405. The molecule has 0 bridgehead atoms. The fourth-order valence-electron chi connectivity index (χ4n) is 6.92. The first-order valence-corrected chi connectivity index (χ1v) is 18.4. The predicted octanol–water partition coefficient (Wildman–Crippen LogP) is 7.49. The minimum Gasteiger partial charge on any atom is -0.497 e. The number of benzene rings is 3. The van der Waals surface area contributed by atoms with Gasteiger partial charge in [-0.25, -0.2) is 27.1 Å². The number of hydrogen-bond acceptors (Lipinski definition) is 8. The third-order valence-corrected chi connectivity index (χ3v) is 11.7. The van der Waals surface area contributed by atoms with Crippen LogP contribution in [0.15, 0.2) is 78.1 Å². The van der Waals surface area contributed by atoms with Crippen LogP contribution in [0.1, 0.15) is 60.6 Å². The molecular formula is C37H43ClFN5O4S. The van der Waals surface area contributed by atoms with Crippen LogP contribution in [0.3, 0.4) is 0 Å².